The van der Waals surface area contributed by atoms with Crippen LogP contribution in [0.2, 0.25) is 0 Å². The van der Waals surface area contributed by atoms with Crippen LogP contribution >= 0.6 is 22.6 Å². The van der Waals surface area contributed by atoms with E-state index in [9.17, 15) is 26.7 Å². The Labute approximate surface area is 209 Å². The first-order chi connectivity index (χ1) is 16.4. The van der Waals surface area contributed by atoms with Gasteiger partial charge in [0.15, 0.2) is 11.2 Å². The number of carbonyl (C=O) groups excluding carboxylic acids is 1. The number of allylic oxidation sites excluding steroid dienone is 1. The maximum atomic E-state index is 14.4. The maximum absolute atomic E-state index is 14.4. The second-order valence-electron chi connectivity index (χ2n) is 8.77. The number of aromatic nitrogens is 2. The Morgan fingerprint density at radius 3 is 2.57 bits per heavy atom. The Morgan fingerprint density at radius 1 is 1.17 bits per heavy atom. The van der Waals surface area contributed by atoms with Crippen LogP contribution in [-0.4, -0.2) is 38.6 Å². The molecular formula is C22H16F5IN6O. The van der Waals surface area contributed by atoms with Gasteiger partial charge in [0.2, 0.25) is 5.91 Å². The SMILES string of the molecule is CC12CC(F)=CN=C1N(Cc1ccccc1F)N=C2c1nc(I)c2c(n1)NC(=O)C2(C)C(F)(F)F. The zero-order chi connectivity index (χ0) is 25.3. The van der Waals surface area contributed by atoms with Crippen LogP contribution in [0.1, 0.15) is 37.2 Å². The van der Waals surface area contributed by atoms with Crippen molar-refractivity contribution in [1.29, 1.82) is 0 Å². The summed E-state index contributed by atoms with van der Waals surface area (Å²) in [6, 6.07) is 6.07. The van der Waals surface area contributed by atoms with Crippen LogP contribution < -0.4 is 5.32 Å². The van der Waals surface area contributed by atoms with Crippen molar-refractivity contribution in [3.05, 3.63) is 62.8 Å². The monoisotopic (exact) mass is 602 g/mol. The van der Waals surface area contributed by atoms with E-state index in [4.69, 9.17) is 0 Å². The van der Waals surface area contributed by atoms with Crippen LogP contribution in [0.15, 0.2) is 46.4 Å². The van der Waals surface area contributed by atoms with E-state index in [2.05, 4.69) is 25.4 Å². The highest BCUT2D eigenvalue weighted by molar-refractivity contribution is 14.1. The number of carbonyl (C=O) groups is 1. The van der Waals surface area contributed by atoms with Gasteiger partial charge >= 0.3 is 6.18 Å². The van der Waals surface area contributed by atoms with E-state index in [0.29, 0.717) is 11.4 Å². The van der Waals surface area contributed by atoms with Crippen LogP contribution in [0.25, 0.3) is 0 Å². The molecule has 1 N–H and O–H groups in total. The first kappa shape index (κ1) is 23.8. The molecule has 182 valence electrons. The average molecular weight is 602 g/mol. The van der Waals surface area contributed by atoms with Gasteiger partial charge < -0.3 is 5.32 Å². The first-order valence-corrected chi connectivity index (χ1v) is 11.4. The number of nitrogens with zero attached hydrogens (tertiary/aromatic N) is 5. The molecule has 0 bridgehead atoms. The highest BCUT2D eigenvalue weighted by Crippen LogP contribution is 2.50. The fourth-order valence-electron chi connectivity index (χ4n) is 4.43. The topological polar surface area (TPSA) is 82.8 Å². The number of halogens is 6. The lowest BCUT2D eigenvalue weighted by atomic mass is 9.79. The molecule has 7 nitrogen and oxygen atoms in total. The molecule has 1 aromatic heterocycles. The number of alkyl halides is 3. The van der Waals surface area contributed by atoms with Gasteiger partial charge in [-0.05, 0) is 42.5 Å². The smallest absolute Gasteiger partial charge is 0.309 e. The maximum Gasteiger partial charge on any atom is 0.407 e. The van der Waals surface area contributed by atoms with Gasteiger partial charge in [-0.2, -0.15) is 18.3 Å². The molecule has 1 amide bonds. The summed E-state index contributed by atoms with van der Waals surface area (Å²) in [5.74, 6) is -2.31. The van der Waals surface area contributed by atoms with E-state index in [1.165, 1.54) is 11.1 Å². The van der Waals surface area contributed by atoms with Crippen molar-refractivity contribution in [2.24, 2.45) is 15.5 Å². The first-order valence-electron chi connectivity index (χ1n) is 10.4. The summed E-state index contributed by atoms with van der Waals surface area (Å²) in [6.45, 7) is 2.40. The molecule has 3 aliphatic heterocycles. The van der Waals surface area contributed by atoms with Gasteiger partial charge in [0.05, 0.1) is 23.7 Å². The highest BCUT2D eigenvalue weighted by Gasteiger charge is 2.63. The lowest BCUT2D eigenvalue weighted by Gasteiger charge is -2.29. The number of aliphatic imine (C=N–C) groups is 1. The molecule has 1 aromatic carbocycles. The number of hydrazone groups is 1. The third-order valence-corrected chi connectivity index (χ3v) is 7.22. The zero-order valence-corrected chi connectivity index (χ0v) is 20.4. The molecule has 0 spiro atoms. The molecule has 0 aliphatic carbocycles. The van der Waals surface area contributed by atoms with Gasteiger partial charge in [-0.1, -0.05) is 18.2 Å². The van der Waals surface area contributed by atoms with Crippen molar-refractivity contribution in [2.45, 2.75) is 38.4 Å². The number of fused-ring (bicyclic) bond motifs is 2. The molecule has 3 aliphatic rings. The molecule has 0 fully saturated rings. The minimum atomic E-state index is -4.88. The second-order valence-corrected chi connectivity index (χ2v) is 9.80. The standard InChI is InChI=1S/C22H16F5IN6O/c1-20-7-11(23)8-29-18(20)34(9-10-5-3-4-6-12(10)24)33-14(20)17-30-15(28)13-16(31-17)32-19(35)21(13,2)22(25,26)27/h3-6,8H,7,9H2,1-2H3,(H,30,31,32,35). The van der Waals surface area contributed by atoms with E-state index in [-0.39, 0.29) is 39.6 Å². The number of hydrogen-bond donors (Lipinski definition) is 1. The number of anilines is 1. The van der Waals surface area contributed by atoms with Gasteiger partial charge in [0.1, 0.15) is 32.7 Å². The van der Waals surface area contributed by atoms with E-state index < -0.39 is 34.6 Å². The molecule has 5 rings (SSSR count). The Hall–Kier alpha value is -2.97. The summed E-state index contributed by atoms with van der Waals surface area (Å²) >= 11 is 1.62. The van der Waals surface area contributed by atoms with Gasteiger partial charge in [-0.3, -0.25) is 4.79 Å². The molecule has 2 unspecified atom stereocenters. The summed E-state index contributed by atoms with van der Waals surface area (Å²) < 4.78 is 70.1. The molecule has 35 heavy (non-hydrogen) atoms. The van der Waals surface area contributed by atoms with E-state index in [1.807, 2.05) is 0 Å². The molecular weight excluding hydrogens is 586 g/mol. The normalized spacial score (nSPS) is 25.5. The van der Waals surface area contributed by atoms with Crippen LogP contribution in [0.4, 0.5) is 27.8 Å². The number of amides is 1. The Balaban J connectivity index is 1.63. The highest BCUT2D eigenvalue weighted by atomic mass is 127. The van der Waals surface area contributed by atoms with E-state index in [0.717, 1.165) is 13.1 Å². The third kappa shape index (κ3) is 3.45. The number of hydrogen-bond acceptors (Lipinski definition) is 6. The summed E-state index contributed by atoms with van der Waals surface area (Å²) in [4.78, 5) is 25.0. The van der Waals surface area contributed by atoms with Crippen molar-refractivity contribution in [1.82, 2.24) is 15.0 Å². The summed E-state index contributed by atoms with van der Waals surface area (Å²) in [6.07, 6.45) is -3.98. The predicted molar refractivity (Wildman–Crippen MR) is 125 cm³/mol. The van der Waals surface area contributed by atoms with Crippen LogP contribution in [0, 0.1) is 14.9 Å². The van der Waals surface area contributed by atoms with E-state index >= 15 is 0 Å². The van der Waals surface area contributed by atoms with E-state index in [1.54, 1.807) is 47.7 Å². The summed E-state index contributed by atoms with van der Waals surface area (Å²) in [7, 11) is 0. The lowest BCUT2D eigenvalue weighted by Crippen LogP contribution is -2.45. The summed E-state index contributed by atoms with van der Waals surface area (Å²) in [5.41, 5.74) is -3.91. The fourth-order valence-corrected chi connectivity index (χ4v) is 5.46. The molecule has 13 heteroatoms. The van der Waals surface area contributed by atoms with Crippen LogP contribution in [0.3, 0.4) is 0 Å². The van der Waals surface area contributed by atoms with Crippen molar-refractivity contribution in [3.63, 3.8) is 0 Å². The van der Waals surface area contributed by atoms with Crippen LogP contribution in [-0.2, 0) is 16.8 Å². The molecule has 0 saturated heterocycles. The molecule has 2 aromatic rings. The molecule has 0 saturated carbocycles. The lowest BCUT2D eigenvalue weighted by molar-refractivity contribution is -0.186. The quantitative estimate of drug-likeness (QED) is 0.310. The average Bonchev–Trinajstić information content (AvgIpc) is 3.20. The fraction of sp³-hybridized carbons (Fsp3) is 0.318. The number of benzene rings is 1. The number of rotatable bonds is 3. The number of nitrogens with one attached hydrogen (secondary N) is 1. The minimum absolute atomic E-state index is 0.0228. The zero-order valence-electron chi connectivity index (χ0n) is 18.2. The van der Waals surface area contributed by atoms with Crippen LogP contribution in [0.5, 0.6) is 0 Å². The van der Waals surface area contributed by atoms with Crippen molar-refractivity contribution in [3.8, 4) is 0 Å². The van der Waals surface area contributed by atoms with Crippen molar-refractivity contribution >= 4 is 45.9 Å². The summed E-state index contributed by atoms with van der Waals surface area (Å²) in [5, 5.41) is 8.11. The van der Waals surface area contributed by atoms with Crippen molar-refractivity contribution < 1.29 is 26.7 Å². The molecule has 2 atom stereocenters. The molecule has 4 heterocycles. The Morgan fingerprint density at radius 2 is 1.89 bits per heavy atom. The van der Waals surface area contributed by atoms with Gasteiger partial charge in [-0.15, -0.1) is 0 Å². The third-order valence-electron chi connectivity index (χ3n) is 6.44. The Bertz CT molecular complexity index is 1370. The largest absolute Gasteiger partial charge is 0.407 e. The number of amidine groups is 1. The van der Waals surface area contributed by atoms with Gasteiger partial charge in [0, 0.05) is 12.0 Å². The minimum Gasteiger partial charge on any atom is -0.309 e. The second kappa shape index (κ2) is 7.77. The predicted octanol–water partition coefficient (Wildman–Crippen LogP) is 4.83. The Kier molecular flexibility index (Phi) is 5.27. The van der Waals surface area contributed by atoms with Gasteiger partial charge in [-0.25, -0.2) is 28.8 Å². The van der Waals surface area contributed by atoms with Gasteiger partial charge in [0.25, 0.3) is 0 Å². The van der Waals surface area contributed by atoms with Crippen molar-refractivity contribution in [2.75, 3.05) is 5.32 Å². The molecule has 0 radical (unpaired) electrons.